The van der Waals surface area contributed by atoms with Crippen LogP contribution in [0.2, 0.25) is 0 Å². The third-order valence-electron chi connectivity index (χ3n) is 7.67. The monoisotopic (exact) mass is 547 g/mol. The Kier molecular flexibility index (Phi) is 7.55. The lowest BCUT2D eigenvalue weighted by Gasteiger charge is -2.34. The van der Waals surface area contributed by atoms with Crippen molar-refractivity contribution in [2.45, 2.75) is 45.6 Å². The molecule has 1 fully saturated rings. The van der Waals surface area contributed by atoms with Gasteiger partial charge in [-0.2, -0.15) is 4.98 Å². The summed E-state index contributed by atoms with van der Waals surface area (Å²) in [6, 6.07) is 5.46. The Bertz CT molecular complexity index is 1360. The number of amides is 2. The van der Waals surface area contributed by atoms with Gasteiger partial charge in [0.15, 0.2) is 5.82 Å². The Morgan fingerprint density at radius 2 is 1.95 bits per heavy atom. The van der Waals surface area contributed by atoms with Crippen molar-refractivity contribution in [2.75, 3.05) is 49.5 Å². The summed E-state index contributed by atoms with van der Waals surface area (Å²) in [5.74, 6) is 1.84. The SMILES string of the molecule is COC1=C(NC(=O)c2ccc(Nc3ncc4c(n3)N(C3CCCC3)CC(C)(C)C(=O)N4C)c(OC)c2)C=CCN1. The lowest BCUT2D eigenvalue weighted by molar-refractivity contribution is -0.125. The molecule has 11 heteroatoms. The normalized spacial score (nSPS) is 18.7. The van der Waals surface area contributed by atoms with Gasteiger partial charge in [0.25, 0.3) is 5.91 Å². The van der Waals surface area contributed by atoms with Crippen LogP contribution in [-0.4, -0.2) is 62.2 Å². The van der Waals surface area contributed by atoms with Crippen molar-refractivity contribution < 1.29 is 19.1 Å². The molecule has 2 aromatic rings. The van der Waals surface area contributed by atoms with Gasteiger partial charge >= 0.3 is 0 Å². The molecule has 3 heterocycles. The first-order chi connectivity index (χ1) is 19.2. The molecule has 3 aliphatic rings. The second-order valence-corrected chi connectivity index (χ2v) is 10.9. The van der Waals surface area contributed by atoms with Gasteiger partial charge in [0, 0.05) is 31.7 Å². The molecule has 0 radical (unpaired) electrons. The number of carbonyl (C=O) groups is 2. The molecule has 3 N–H and O–H groups in total. The number of rotatable bonds is 7. The van der Waals surface area contributed by atoms with E-state index >= 15 is 0 Å². The van der Waals surface area contributed by atoms with Crippen LogP contribution in [0.15, 0.2) is 48.1 Å². The number of nitrogens with zero attached hydrogens (tertiary/aromatic N) is 4. The van der Waals surface area contributed by atoms with E-state index in [9.17, 15) is 9.59 Å². The molecule has 1 saturated carbocycles. The van der Waals surface area contributed by atoms with E-state index in [1.165, 1.54) is 12.8 Å². The lowest BCUT2D eigenvalue weighted by atomic mass is 9.91. The highest BCUT2D eigenvalue weighted by atomic mass is 16.5. The fourth-order valence-corrected chi connectivity index (χ4v) is 5.55. The van der Waals surface area contributed by atoms with E-state index in [0.717, 1.165) is 18.7 Å². The highest BCUT2D eigenvalue weighted by molar-refractivity contribution is 6.01. The predicted octanol–water partition coefficient (Wildman–Crippen LogP) is 3.69. The maximum absolute atomic E-state index is 13.3. The van der Waals surface area contributed by atoms with Crippen LogP contribution in [0.4, 0.5) is 23.1 Å². The molecule has 1 aliphatic carbocycles. The largest absolute Gasteiger partial charge is 0.495 e. The third kappa shape index (κ3) is 5.28. The molecule has 11 nitrogen and oxygen atoms in total. The van der Waals surface area contributed by atoms with Crippen molar-refractivity contribution >= 4 is 35.0 Å². The van der Waals surface area contributed by atoms with Crippen molar-refractivity contribution in [3.63, 3.8) is 0 Å². The Morgan fingerprint density at radius 3 is 2.67 bits per heavy atom. The van der Waals surface area contributed by atoms with Gasteiger partial charge in [0.05, 0.1) is 31.5 Å². The van der Waals surface area contributed by atoms with Gasteiger partial charge < -0.3 is 35.2 Å². The standard InChI is InChI=1S/C29H37N7O4/c1-29(2)17-36(19-9-6-7-10-19)24-22(35(3)27(29)38)16-31-28(34-24)33-20-13-12-18(15-23(20)39-4)25(37)32-21-11-8-14-30-26(21)40-5/h8,11-13,15-16,19,30H,6-7,9-10,14,17H2,1-5H3,(H,32,37)(H,31,33,34). The van der Waals surface area contributed by atoms with Crippen LogP contribution in [-0.2, 0) is 9.53 Å². The quantitative estimate of drug-likeness (QED) is 0.477. The zero-order valence-electron chi connectivity index (χ0n) is 23.7. The number of methoxy groups -OCH3 is 2. The number of allylic oxidation sites excluding steroid dienone is 1. The van der Waals surface area contributed by atoms with Crippen LogP contribution in [0.3, 0.4) is 0 Å². The first-order valence-electron chi connectivity index (χ1n) is 13.6. The van der Waals surface area contributed by atoms with Gasteiger partial charge in [-0.05, 0) is 51.0 Å². The van der Waals surface area contributed by atoms with Crippen molar-refractivity contribution in [3.8, 4) is 5.75 Å². The van der Waals surface area contributed by atoms with E-state index in [0.29, 0.717) is 59.3 Å². The van der Waals surface area contributed by atoms with Gasteiger partial charge in [0.1, 0.15) is 17.1 Å². The van der Waals surface area contributed by atoms with Crippen molar-refractivity contribution in [1.29, 1.82) is 0 Å². The first-order valence-corrected chi connectivity index (χ1v) is 13.6. The Morgan fingerprint density at radius 1 is 1.18 bits per heavy atom. The van der Waals surface area contributed by atoms with Gasteiger partial charge in [-0.1, -0.05) is 18.9 Å². The number of ether oxygens (including phenoxy) is 2. The number of aromatic nitrogens is 2. The van der Waals surface area contributed by atoms with E-state index in [1.54, 1.807) is 56.6 Å². The average molecular weight is 548 g/mol. The van der Waals surface area contributed by atoms with Gasteiger partial charge in [-0.15, -0.1) is 0 Å². The molecule has 2 aliphatic heterocycles. The maximum atomic E-state index is 13.3. The second kappa shape index (κ2) is 11.1. The Balaban J connectivity index is 1.42. The topological polar surface area (TPSA) is 121 Å². The predicted molar refractivity (Wildman–Crippen MR) is 154 cm³/mol. The molecule has 0 unspecified atom stereocenters. The number of hydrogen-bond acceptors (Lipinski definition) is 9. The van der Waals surface area contributed by atoms with E-state index in [1.807, 2.05) is 19.9 Å². The second-order valence-electron chi connectivity index (χ2n) is 10.9. The summed E-state index contributed by atoms with van der Waals surface area (Å²) in [6.45, 7) is 5.19. The molecule has 40 heavy (non-hydrogen) atoms. The van der Waals surface area contributed by atoms with Gasteiger partial charge in [0.2, 0.25) is 17.7 Å². The fourth-order valence-electron chi connectivity index (χ4n) is 5.55. The summed E-state index contributed by atoms with van der Waals surface area (Å²) >= 11 is 0. The summed E-state index contributed by atoms with van der Waals surface area (Å²) in [5.41, 5.74) is 1.72. The van der Waals surface area contributed by atoms with Crippen molar-refractivity contribution in [3.05, 3.63) is 53.7 Å². The van der Waals surface area contributed by atoms with Crippen LogP contribution in [0.1, 0.15) is 49.9 Å². The highest BCUT2D eigenvalue weighted by Crippen LogP contribution is 2.40. The molecule has 1 aromatic heterocycles. The Labute approximate surface area is 234 Å². The highest BCUT2D eigenvalue weighted by Gasteiger charge is 2.41. The summed E-state index contributed by atoms with van der Waals surface area (Å²) < 4.78 is 10.9. The summed E-state index contributed by atoms with van der Waals surface area (Å²) in [5, 5.41) is 9.20. The molecule has 2 amide bonds. The van der Waals surface area contributed by atoms with Crippen LogP contribution in [0, 0.1) is 5.41 Å². The first kappa shape index (κ1) is 27.3. The summed E-state index contributed by atoms with van der Waals surface area (Å²) in [7, 11) is 4.88. The lowest BCUT2D eigenvalue weighted by Crippen LogP contribution is -2.45. The fraction of sp³-hybridized carbons (Fsp3) is 0.448. The molecule has 1 aromatic carbocycles. The Hall–Kier alpha value is -4.28. The van der Waals surface area contributed by atoms with Gasteiger partial charge in [-0.25, -0.2) is 4.98 Å². The molecular weight excluding hydrogens is 510 g/mol. The summed E-state index contributed by atoms with van der Waals surface area (Å²) in [6.07, 6.45) is 9.90. The average Bonchev–Trinajstić information content (AvgIpc) is 3.48. The van der Waals surface area contributed by atoms with Crippen molar-refractivity contribution in [1.82, 2.24) is 20.6 Å². The number of dihydropyridines is 1. The van der Waals surface area contributed by atoms with Crippen LogP contribution in [0.25, 0.3) is 0 Å². The van der Waals surface area contributed by atoms with E-state index in [2.05, 4.69) is 25.8 Å². The minimum Gasteiger partial charge on any atom is -0.495 e. The number of hydrogen-bond donors (Lipinski definition) is 3. The zero-order chi connectivity index (χ0) is 28.4. The van der Waals surface area contributed by atoms with Crippen LogP contribution in [0.5, 0.6) is 5.75 Å². The number of carbonyl (C=O) groups excluding carboxylic acids is 2. The summed E-state index contributed by atoms with van der Waals surface area (Å²) in [4.78, 5) is 39.6. The molecule has 0 saturated heterocycles. The smallest absolute Gasteiger partial charge is 0.255 e. The van der Waals surface area contributed by atoms with E-state index in [-0.39, 0.29) is 11.8 Å². The zero-order valence-corrected chi connectivity index (χ0v) is 23.7. The van der Waals surface area contributed by atoms with Crippen LogP contribution < -0.4 is 30.5 Å². The van der Waals surface area contributed by atoms with Crippen molar-refractivity contribution in [2.24, 2.45) is 5.41 Å². The van der Waals surface area contributed by atoms with Crippen LogP contribution >= 0.6 is 0 Å². The molecule has 0 atom stereocenters. The minimum atomic E-state index is -0.561. The van der Waals surface area contributed by atoms with E-state index in [4.69, 9.17) is 14.5 Å². The molecule has 0 bridgehead atoms. The maximum Gasteiger partial charge on any atom is 0.255 e. The molecule has 0 spiro atoms. The number of nitrogens with one attached hydrogen (secondary N) is 3. The van der Waals surface area contributed by atoms with Gasteiger partial charge in [-0.3, -0.25) is 9.59 Å². The number of benzene rings is 1. The third-order valence-corrected chi connectivity index (χ3v) is 7.67. The molecule has 212 valence electrons. The molecular formula is C29H37N7O4. The van der Waals surface area contributed by atoms with E-state index < -0.39 is 5.41 Å². The molecule has 5 rings (SSSR count). The number of anilines is 4. The number of fused-ring (bicyclic) bond motifs is 1. The minimum absolute atomic E-state index is 0.0435.